The Hall–Kier alpha value is -3.34. The van der Waals surface area contributed by atoms with Gasteiger partial charge in [-0.25, -0.2) is 9.18 Å². The number of carbonyl (C=O) groups excluding carboxylic acids is 1. The van der Waals surface area contributed by atoms with E-state index in [4.69, 9.17) is 4.74 Å². The number of likely N-dealkylation sites (tertiary alicyclic amines) is 1. The number of ether oxygens (including phenoxy) is 1. The number of nitrogens with zero attached hydrogens (tertiary/aromatic N) is 3. The molecule has 0 radical (unpaired) electrons. The number of nitrogens with one attached hydrogen (secondary N) is 1. The average molecular weight is 507 g/mol. The van der Waals surface area contributed by atoms with E-state index in [1.807, 2.05) is 0 Å². The maximum absolute atomic E-state index is 14.4. The first-order valence-electron chi connectivity index (χ1n) is 12.8. The van der Waals surface area contributed by atoms with Crippen molar-refractivity contribution in [3.05, 3.63) is 67.5 Å². The summed E-state index contributed by atoms with van der Waals surface area (Å²) in [5, 5.41) is 14.7. The van der Waals surface area contributed by atoms with Crippen molar-refractivity contribution in [2.24, 2.45) is 0 Å². The third-order valence-electron chi connectivity index (χ3n) is 8.71. The first-order valence-corrected chi connectivity index (χ1v) is 12.8. The van der Waals surface area contributed by atoms with Crippen LogP contribution in [-0.4, -0.2) is 57.3 Å². The number of cyclic esters (lactones) is 1. The molecule has 10 heteroatoms. The summed E-state index contributed by atoms with van der Waals surface area (Å²) in [5.41, 5.74) is -0.268. The summed E-state index contributed by atoms with van der Waals surface area (Å²) in [6, 6.07) is 6.40. The van der Waals surface area contributed by atoms with Crippen molar-refractivity contribution in [1.29, 1.82) is 0 Å². The molecule has 1 aromatic carbocycles. The van der Waals surface area contributed by atoms with Crippen LogP contribution in [0.3, 0.4) is 0 Å². The number of carbonyl (C=O) groups is 1. The van der Waals surface area contributed by atoms with E-state index in [1.54, 1.807) is 19.1 Å². The number of aromatic nitrogens is 2. The number of pyridine rings is 2. The highest BCUT2D eigenvalue weighted by Crippen LogP contribution is 2.40. The van der Waals surface area contributed by atoms with Gasteiger partial charge in [-0.3, -0.25) is 14.5 Å². The number of aliphatic hydroxyl groups is 1. The topological polar surface area (TPSA) is 106 Å². The van der Waals surface area contributed by atoms with Gasteiger partial charge in [0.1, 0.15) is 12.4 Å². The number of benzene rings is 1. The molecule has 0 unspecified atom stereocenters. The van der Waals surface area contributed by atoms with Crippen LogP contribution in [0.2, 0.25) is 0 Å². The van der Waals surface area contributed by atoms with Crippen molar-refractivity contribution < 1.29 is 19.0 Å². The molecule has 0 bridgehead atoms. The lowest BCUT2D eigenvalue weighted by Gasteiger charge is -2.35. The summed E-state index contributed by atoms with van der Waals surface area (Å²) in [6.07, 6.45) is 0.896. The predicted octanol–water partition coefficient (Wildman–Crippen LogP) is 1.20. The minimum Gasteiger partial charge on any atom is -0.458 e. The van der Waals surface area contributed by atoms with E-state index >= 15 is 0 Å². The summed E-state index contributed by atoms with van der Waals surface area (Å²) >= 11 is 0. The van der Waals surface area contributed by atoms with E-state index in [9.17, 15) is 23.9 Å². The van der Waals surface area contributed by atoms with Crippen LogP contribution >= 0.6 is 0 Å². The molecule has 37 heavy (non-hydrogen) atoms. The zero-order valence-electron chi connectivity index (χ0n) is 20.4. The van der Waals surface area contributed by atoms with Gasteiger partial charge in [0.05, 0.1) is 34.6 Å². The SMILES string of the molecule is CC[C@@]1(O)C(=O)OCc2c1cc1n(c2=O)Cc2c-1c(=O)c1cc(F)ccc1n2[C@@H]1CCN(C2CNC2)C1. The molecular formula is C27H27FN4O5. The second-order valence-corrected chi connectivity index (χ2v) is 10.5. The van der Waals surface area contributed by atoms with E-state index in [0.29, 0.717) is 28.5 Å². The molecule has 0 amide bonds. The predicted molar refractivity (Wildman–Crippen MR) is 133 cm³/mol. The Balaban J connectivity index is 1.48. The minimum absolute atomic E-state index is 0.0235. The molecule has 2 aromatic heterocycles. The third kappa shape index (κ3) is 3.03. The second kappa shape index (κ2) is 7.83. The molecule has 4 aliphatic heterocycles. The van der Waals surface area contributed by atoms with Crippen LogP contribution in [-0.2, 0) is 28.3 Å². The molecule has 2 fully saturated rings. The van der Waals surface area contributed by atoms with Gasteiger partial charge >= 0.3 is 5.97 Å². The van der Waals surface area contributed by atoms with Crippen molar-refractivity contribution in [3.63, 3.8) is 0 Å². The molecule has 7 rings (SSSR count). The van der Waals surface area contributed by atoms with Gasteiger partial charge in [-0.05, 0) is 37.1 Å². The van der Waals surface area contributed by atoms with Gasteiger partial charge in [0, 0.05) is 49.2 Å². The minimum atomic E-state index is -1.96. The Kier molecular flexibility index (Phi) is 4.83. The number of halogens is 1. The Morgan fingerprint density at radius 1 is 1.19 bits per heavy atom. The normalized spacial score (nSPS) is 25.1. The molecule has 2 saturated heterocycles. The second-order valence-electron chi connectivity index (χ2n) is 10.5. The molecule has 192 valence electrons. The fourth-order valence-electron chi connectivity index (χ4n) is 6.52. The highest BCUT2D eigenvalue weighted by atomic mass is 19.1. The van der Waals surface area contributed by atoms with E-state index < -0.39 is 22.9 Å². The van der Waals surface area contributed by atoms with Gasteiger partial charge in [-0.1, -0.05) is 6.92 Å². The summed E-state index contributed by atoms with van der Waals surface area (Å²) in [6.45, 7) is 5.22. The summed E-state index contributed by atoms with van der Waals surface area (Å²) in [4.78, 5) is 42.4. The summed E-state index contributed by atoms with van der Waals surface area (Å²) < 4.78 is 23.2. The van der Waals surface area contributed by atoms with E-state index in [1.165, 1.54) is 16.7 Å². The first kappa shape index (κ1) is 22.8. The zero-order chi connectivity index (χ0) is 25.6. The van der Waals surface area contributed by atoms with Crippen LogP contribution in [0.15, 0.2) is 33.9 Å². The maximum atomic E-state index is 14.4. The lowest BCUT2D eigenvalue weighted by Crippen LogP contribution is -2.56. The number of hydrogen-bond donors (Lipinski definition) is 2. The van der Waals surface area contributed by atoms with Gasteiger partial charge in [0.2, 0.25) is 0 Å². The smallest absolute Gasteiger partial charge is 0.343 e. The highest BCUT2D eigenvalue weighted by molar-refractivity contribution is 5.88. The molecule has 0 saturated carbocycles. The highest BCUT2D eigenvalue weighted by Gasteiger charge is 2.46. The molecule has 2 atom stereocenters. The molecule has 2 N–H and O–H groups in total. The summed E-state index contributed by atoms with van der Waals surface area (Å²) in [7, 11) is 0. The van der Waals surface area contributed by atoms with Crippen LogP contribution in [0.1, 0.15) is 42.6 Å². The van der Waals surface area contributed by atoms with Gasteiger partial charge in [0.25, 0.3) is 5.56 Å². The van der Waals surface area contributed by atoms with Gasteiger partial charge in [-0.15, -0.1) is 0 Å². The molecule has 4 aliphatic rings. The van der Waals surface area contributed by atoms with Crippen LogP contribution in [0.5, 0.6) is 0 Å². The third-order valence-corrected chi connectivity index (χ3v) is 8.71. The van der Waals surface area contributed by atoms with E-state index in [0.717, 1.165) is 32.6 Å². The van der Waals surface area contributed by atoms with Crippen molar-refractivity contribution in [3.8, 4) is 11.3 Å². The van der Waals surface area contributed by atoms with Gasteiger partial charge in [-0.2, -0.15) is 0 Å². The lowest BCUT2D eigenvalue weighted by molar-refractivity contribution is -0.172. The Morgan fingerprint density at radius 2 is 2.00 bits per heavy atom. The van der Waals surface area contributed by atoms with Crippen LogP contribution < -0.4 is 16.3 Å². The Bertz CT molecular complexity index is 1620. The zero-order valence-corrected chi connectivity index (χ0v) is 20.4. The quantitative estimate of drug-likeness (QED) is 0.403. The van der Waals surface area contributed by atoms with Crippen molar-refractivity contribution in [1.82, 2.24) is 19.4 Å². The van der Waals surface area contributed by atoms with Crippen LogP contribution in [0.4, 0.5) is 4.39 Å². The van der Waals surface area contributed by atoms with E-state index in [-0.39, 0.29) is 47.6 Å². The number of esters is 1. The number of rotatable bonds is 3. The largest absolute Gasteiger partial charge is 0.458 e. The van der Waals surface area contributed by atoms with Crippen molar-refractivity contribution in [2.75, 3.05) is 26.2 Å². The van der Waals surface area contributed by atoms with Crippen molar-refractivity contribution in [2.45, 2.75) is 50.6 Å². The van der Waals surface area contributed by atoms with E-state index in [2.05, 4.69) is 14.8 Å². The van der Waals surface area contributed by atoms with Gasteiger partial charge in [0.15, 0.2) is 11.0 Å². The molecule has 3 aromatic rings. The molecule has 0 aliphatic carbocycles. The van der Waals surface area contributed by atoms with Crippen LogP contribution in [0, 0.1) is 5.82 Å². The molecular weight excluding hydrogens is 479 g/mol. The fourth-order valence-corrected chi connectivity index (χ4v) is 6.52. The standard InChI is InChI=1S/C27H27FN4O5/c1-2-27(36)19-8-21-23-22(12-31(21)25(34)18(19)13-37-26(27)35)32(15-5-6-30(11-15)16-9-29-10-16)20-4-3-14(28)7-17(20)24(23)33/h3-4,7-8,15-16,29,36H,2,5-6,9-13H2,1H3/t15-,27+/m1/s1. The van der Waals surface area contributed by atoms with Gasteiger partial charge < -0.3 is 24.3 Å². The first-order chi connectivity index (χ1) is 17.8. The molecule has 6 heterocycles. The Morgan fingerprint density at radius 3 is 2.73 bits per heavy atom. The fraction of sp³-hybridized carbons (Fsp3) is 0.444. The molecule has 9 nitrogen and oxygen atoms in total. The summed E-state index contributed by atoms with van der Waals surface area (Å²) in [5.74, 6) is -1.31. The van der Waals surface area contributed by atoms with Crippen molar-refractivity contribution >= 4 is 16.9 Å². The van der Waals surface area contributed by atoms with Crippen LogP contribution in [0.25, 0.3) is 22.2 Å². The monoisotopic (exact) mass is 506 g/mol. The average Bonchev–Trinajstić information content (AvgIpc) is 3.47. The lowest BCUT2D eigenvalue weighted by atomic mass is 9.85. The maximum Gasteiger partial charge on any atom is 0.343 e. The molecule has 0 spiro atoms. The number of fused-ring (bicyclic) bond motifs is 5. The Labute approximate surface area is 211 Å². The number of hydrogen-bond acceptors (Lipinski definition) is 7.